The van der Waals surface area contributed by atoms with Gasteiger partial charge < -0.3 is 10.1 Å². The molecule has 0 aliphatic carbocycles. The van der Waals surface area contributed by atoms with E-state index in [2.05, 4.69) is 19.2 Å². The van der Waals surface area contributed by atoms with Gasteiger partial charge in [-0.3, -0.25) is 10.1 Å². The molecule has 1 atom stereocenters. The van der Waals surface area contributed by atoms with Gasteiger partial charge in [0.05, 0.1) is 17.6 Å². The summed E-state index contributed by atoms with van der Waals surface area (Å²) < 4.78 is 5.33. The molecule has 1 rings (SSSR count). The van der Waals surface area contributed by atoms with Gasteiger partial charge in [0.2, 0.25) is 0 Å². The van der Waals surface area contributed by atoms with Crippen molar-refractivity contribution in [2.24, 2.45) is 5.92 Å². The quantitative estimate of drug-likeness (QED) is 0.622. The van der Waals surface area contributed by atoms with Gasteiger partial charge in [-0.2, -0.15) is 0 Å². The first-order chi connectivity index (χ1) is 8.43. The van der Waals surface area contributed by atoms with Crippen molar-refractivity contribution in [2.45, 2.75) is 33.7 Å². The lowest BCUT2D eigenvalue weighted by Gasteiger charge is -2.19. The fraction of sp³-hybridized carbons (Fsp3) is 0.538. The number of benzene rings is 1. The Morgan fingerprint density at radius 2 is 2.00 bits per heavy atom. The molecule has 0 heterocycles. The maximum Gasteiger partial charge on any atom is 0.275 e. The predicted molar refractivity (Wildman–Crippen MR) is 72.2 cm³/mol. The van der Waals surface area contributed by atoms with Crippen molar-refractivity contribution >= 4 is 11.4 Å². The number of hydrogen-bond donors (Lipinski definition) is 1. The highest BCUT2D eigenvalue weighted by Gasteiger charge is 2.13. The Morgan fingerprint density at radius 1 is 1.33 bits per heavy atom. The molecule has 0 spiro atoms. The predicted octanol–water partition coefficient (Wildman–Crippen LogP) is 3.45. The van der Waals surface area contributed by atoms with E-state index in [1.807, 2.05) is 13.8 Å². The van der Waals surface area contributed by atoms with Gasteiger partial charge in [-0.25, -0.2) is 0 Å². The summed E-state index contributed by atoms with van der Waals surface area (Å²) in [6.45, 7) is 8.57. The highest BCUT2D eigenvalue weighted by Crippen LogP contribution is 2.27. The highest BCUT2D eigenvalue weighted by molar-refractivity contribution is 5.56. The highest BCUT2D eigenvalue weighted by atomic mass is 16.6. The second kappa shape index (κ2) is 6.23. The van der Waals surface area contributed by atoms with Gasteiger partial charge >= 0.3 is 0 Å². The zero-order chi connectivity index (χ0) is 13.7. The van der Waals surface area contributed by atoms with Gasteiger partial charge in [0.15, 0.2) is 0 Å². The van der Waals surface area contributed by atoms with E-state index in [0.717, 1.165) is 0 Å². The van der Waals surface area contributed by atoms with Crippen LogP contribution in [0.15, 0.2) is 18.2 Å². The third-order valence-corrected chi connectivity index (χ3v) is 2.81. The van der Waals surface area contributed by atoms with E-state index in [4.69, 9.17) is 4.74 Å². The molecular formula is C13H20N2O3. The van der Waals surface area contributed by atoms with Gasteiger partial charge in [0.1, 0.15) is 5.75 Å². The Hall–Kier alpha value is -1.78. The molecule has 0 saturated heterocycles. The average molecular weight is 252 g/mol. The lowest BCUT2D eigenvalue weighted by Crippen LogP contribution is -2.21. The molecule has 1 aromatic rings. The fourth-order valence-electron chi connectivity index (χ4n) is 1.45. The van der Waals surface area contributed by atoms with Gasteiger partial charge in [-0.1, -0.05) is 13.8 Å². The number of nitrogens with one attached hydrogen (secondary N) is 1. The molecule has 0 amide bonds. The molecule has 0 radical (unpaired) electrons. The van der Waals surface area contributed by atoms with E-state index in [0.29, 0.717) is 24.0 Å². The number of rotatable bonds is 6. The van der Waals surface area contributed by atoms with Crippen LogP contribution < -0.4 is 10.1 Å². The molecule has 5 nitrogen and oxygen atoms in total. The maximum absolute atomic E-state index is 10.9. The Kier molecular flexibility index (Phi) is 4.95. The topological polar surface area (TPSA) is 64.4 Å². The summed E-state index contributed by atoms with van der Waals surface area (Å²) >= 11 is 0. The lowest BCUT2D eigenvalue weighted by atomic mass is 10.1. The summed E-state index contributed by atoms with van der Waals surface area (Å²) in [7, 11) is 0. The van der Waals surface area contributed by atoms with Crippen LogP contribution in [0.5, 0.6) is 5.75 Å². The summed E-state index contributed by atoms with van der Waals surface area (Å²) in [6, 6.07) is 4.99. The number of nitro groups is 1. The SMILES string of the molecule is CCOc1cc(NC(C)C(C)C)cc([N+](=O)[O-])c1. The van der Waals surface area contributed by atoms with E-state index < -0.39 is 4.92 Å². The largest absolute Gasteiger partial charge is 0.494 e. The molecular weight excluding hydrogens is 232 g/mol. The van der Waals surface area contributed by atoms with Crippen molar-refractivity contribution in [2.75, 3.05) is 11.9 Å². The van der Waals surface area contributed by atoms with Gasteiger partial charge in [-0.15, -0.1) is 0 Å². The minimum Gasteiger partial charge on any atom is -0.494 e. The Labute approximate surface area is 107 Å². The summed E-state index contributed by atoms with van der Waals surface area (Å²) in [4.78, 5) is 10.4. The van der Waals surface area contributed by atoms with Crippen LogP contribution in [0.1, 0.15) is 27.7 Å². The van der Waals surface area contributed by atoms with Crippen LogP contribution in [0.3, 0.4) is 0 Å². The maximum atomic E-state index is 10.9. The number of nitrogens with zero attached hydrogens (tertiary/aromatic N) is 1. The van der Waals surface area contributed by atoms with E-state index in [-0.39, 0.29) is 11.7 Å². The van der Waals surface area contributed by atoms with Gasteiger partial charge in [-0.05, 0) is 19.8 Å². The van der Waals surface area contributed by atoms with Crippen LogP contribution in [-0.2, 0) is 0 Å². The molecule has 0 aromatic heterocycles. The first-order valence-corrected chi connectivity index (χ1v) is 6.12. The van der Waals surface area contributed by atoms with Crippen molar-refractivity contribution in [1.29, 1.82) is 0 Å². The van der Waals surface area contributed by atoms with Crippen molar-refractivity contribution < 1.29 is 9.66 Å². The van der Waals surface area contributed by atoms with E-state index >= 15 is 0 Å². The second-order valence-corrected chi connectivity index (χ2v) is 4.58. The fourth-order valence-corrected chi connectivity index (χ4v) is 1.45. The smallest absolute Gasteiger partial charge is 0.275 e. The standard InChI is InChI=1S/C13H20N2O3/c1-5-18-13-7-11(14-10(4)9(2)3)6-12(8-13)15(16)17/h6-10,14H,5H2,1-4H3. The minimum atomic E-state index is -0.409. The van der Waals surface area contributed by atoms with Crippen LogP contribution in [0, 0.1) is 16.0 Å². The van der Waals surface area contributed by atoms with Crippen LogP contribution in [-0.4, -0.2) is 17.6 Å². The Bertz CT molecular complexity index is 419. The molecule has 1 aromatic carbocycles. The molecule has 1 unspecified atom stereocenters. The number of non-ortho nitro benzene ring substituents is 1. The van der Waals surface area contributed by atoms with Gasteiger partial charge in [0.25, 0.3) is 5.69 Å². The molecule has 1 N–H and O–H groups in total. The molecule has 100 valence electrons. The third kappa shape index (κ3) is 3.91. The lowest BCUT2D eigenvalue weighted by molar-refractivity contribution is -0.384. The number of anilines is 1. The minimum absolute atomic E-state index is 0.0411. The van der Waals surface area contributed by atoms with Crippen molar-refractivity contribution in [3.63, 3.8) is 0 Å². The number of ether oxygens (including phenoxy) is 1. The summed E-state index contributed by atoms with van der Waals surface area (Å²) in [5, 5.41) is 14.1. The van der Waals surface area contributed by atoms with Crippen LogP contribution >= 0.6 is 0 Å². The second-order valence-electron chi connectivity index (χ2n) is 4.58. The number of nitro benzene ring substituents is 1. The van der Waals surface area contributed by atoms with E-state index in [9.17, 15) is 10.1 Å². The summed E-state index contributed by atoms with van der Waals surface area (Å²) in [5.74, 6) is 0.963. The van der Waals surface area contributed by atoms with Gasteiger partial charge in [0, 0.05) is 23.9 Å². The van der Waals surface area contributed by atoms with Crippen LogP contribution in [0.4, 0.5) is 11.4 Å². The molecule has 0 bridgehead atoms. The van der Waals surface area contributed by atoms with Crippen LogP contribution in [0.2, 0.25) is 0 Å². The molecule has 0 fully saturated rings. The molecule has 5 heteroatoms. The van der Waals surface area contributed by atoms with Crippen molar-refractivity contribution in [3.05, 3.63) is 28.3 Å². The van der Waals surface area contributed by atoms with E-state index in [1.165, 1.54) is 12.1 Å². The van der Waals surface area contributed by atoms with Crippen molar-refractivity contribution in [3.8, 4) is 5.75 Å². The van der Waals surface area contributed by atoms with Crippen molar-refractivity contribution in [1.82, 2.24) is 0 Å². The first-order valence-electron chi connectivity index (χ1n) is 6.12. The molecule has 0 aliphatic rings. The summed E-state index contributed by atoms with van der Waals surface area (Å²) in [5.41, 5.74) is 0.758. The summed E-state index contributed by atoms with van der Waals surface area (Å²) in [6.07, 6.45) is 0. The average Bonchev–Trinajstić information content (AvgIpc) is 2.28. The third-order valence-electron chi connectivity index (χ3n) is 2.81. The van der Waals surface area contributed by atoms with Crippen LogP contribution in [0.25, 0.3) is 0 Å². The zero-order valence-electron chi connectivity index (χ0n) is 11.3. The zero-order valence-corrected chi connectivity index (χ0v) is 11.3. The molecule has 0 aliphatic heterocycles. The monoisotopic (exact) mass is 252 g/mol. The van der Waals surface area contributed by atoms with E-state index in [1.54, 1.807) is 6.07 Å². The molecule has 0 saturated carbocycles. The molecule has 18 heavy (non-hydrogen) atoms. The normalized spacial score (nSPS) is 12.3. The number of hydrogen-bond acceptors (Lipinski definition) is 4. The Balaban J connectivity index is 2.99. The first kappa shape index (κ1) is 14.3. The Morgan fingerprint density at radius 3 is 2.50 bits per heavy atom.